The highest BCUT2D eigenvalue weighted by Gasteiger charge is 2.50. The van der Waals surface area contributed by atoms with E-state index in [0.29, 0.717) is 35.5 Å². The third kappa shape index (κ3) is 3.41. The second-order valence-electron chi connectivity index (χ2n) is 8.33. The predicted octanol–water partition coefficient (Wildman–Crippen LogP) is 2.56. The number of Topliss-reactive ketones (excluding diaryl/α,β-unsaturated/α-hetero) is 1. The number of carbonyl (C=O) groups excluding carboxylic acids is 4. The number of anilines is 1. The molecule has 2 aromatic carbocycles. The number of rotatable bonds is 5. The van der Waals surface area contributed by atoms with E-state index in [1.54, 1.807) is 55.3 Å². The average Bonchev–Trinajstić information content (AvgIpc) is 3.28. The van der Waals surface area contributed by atoms with E-state index in [9.17, 15) is 19.2 Å². The summed E-state index contributed by atoms with van der Waals surface area (Å²) < 4.78 is 5.27. The summed E-state index contributed by atoms with van der Waals surface area (Å²) in [6.07, 6.45) is 0.616. The number of fused-ring (bicyclic) bond motifs is 1. The third-order valence-corrected chi connectivity index (χ3v) is 6.22. The van der Waals surface area contributed by atoms with Gasteiger partial charge in [0, 0.05) is 17.8 Å². The van der Waals surface area contributed by atoms with Gasteiger partial charge in [0.2, 0.25) is 5.91 Å². The molecule has 0 spiro atoms. The van der Waals surface area contributed by atoms with Gasteiger partial charge in [-0.3, -0.25) is 19.3 Å². The second-order valence-corrected chi connectivity index (χ2v) is 8.33. The first kappa shape index (κ1) is 21.5. The Morgan fingerprint density at radius 2 is 1.91 bits per heavy atom. The minimum atomic E-state index is -1.27. The molecule has 1 fully saturated rings. The van der Waals surface area contributed by atoms with Crippen molar-refractivity contribution < 1.29 is 23.9 Å². The molecule has 1 unspecified atom stereocenters. The van der Waals surface area contributed by atoms with Crippen molar-refractivity contribution in [2.45, 2.75) is 32.7 Å². The van der Waals surface area contributed by atoms with Crippen LogP contribution >= 0.6 is 0 Å². The van der Waals surface area contributed by atoms with Crippen molar-refractivity contribution in [3.63, 3.8) is 0 Å². The van der Waals surface area contributed by atoms with Gasteiger partial charge in [0.1, 0.15) is 17.8 Å². The highest BCUT2D eigenvalue weighted by Crippen LogP contribution is 2.33. The maximum absolute atomic E-state index is 13.2. The fourth-order valence-corrected chi connectivity index (χ4v) is 4.33. The van der Waals surface area contributed by atoms with E-state index >= 15 is 0 Å². The van der Waals surface area contributed by atoms with Crippen molar-refractivity contribution in [1.29, 1.82) is 0 Å². The van der Waals surface area contributed by atoms with Crippen molar-refractivity contribution in [2.24, 2.45) is 0 Å². The van der Waals surface area contributed by atoms with Crippen molar-refractivity contribution in [1.82, 2.24) is 10.2 Å². The molecular weight excluding hydrogens is 410 g/mol. The molecule has 0 aliphatic carbocycles. The Hall–Kier alpha value is -3.68. The van der Waals surface area contributed by atoms with Crippen LogP contribution in [-0.4, -0.2) is 48.7 Å². The van der Waals surface area contributed by atoms with Gasteiger partial charge in [0.05, 0.1) is 7.11 Å². The fourth-order valence-electron chi connectivity index (χ4n) is 4.33. The number of urea groups is 1. The number of nitrogens with zero attached hydrogens (tertiary/aromatic N) is 2. The number of methoxy groups -OCH3 is 1. The molecule has 2 aromatic rings. The number of carbonyl (C=O) groups is 4. The third-order valence-electron chi connectivity index (χ3n) is 6.22. The molecular formula is C24H25N3O5. The van der Waals surface area contributed by atoms with Gasteiger partial charge in [0.25, 0.3) is 5.91 Å². The number of nitrogens with one attached hydrogen (secondary N) is 1. The smallest absolute Gasteiger partial charge is 0.325 e. The number of hydrogen-bond donors (Lipinski definition) is 1. The average molecular weight is 435 g/mol. The summed E-state index contributed by atoms with van der Waals surface area (Å²) in [6, 6.07) is 9.90. The lowest BCUT2D eigenvalue weighted by molar-refractivity contribution is -0.134. The molecule has 0 saturated carbocycles. The van der Waals surface area contributed by atoms with Crippen LogP contribution in [0.15, 0.2) is 36.4 Å². The highest BCUT2D eigenvalue weighted by atomic mass is 16.5. The van der Waals surface area contributed by atoms with Crippen LogP contribution in [0.5, 0.6) is 5.75 Å². The zero-order valence-corrected chi connectivity index (χ0v) is 18.5. The van der Waals surface area contributed by atoms with E-state index in [1.807, 2.05) is 6.92 Å². The normalized spacial score (nSPS) is 19.8. The van der Waals surface area contributed by atoms with Gasteiger partial charge in [-0.25, -0.2) is 4.79 Å². The van der Waals surface area contributed by atoms with Crippen LogP contribution < -0.4 is 15.0 Å². The van der Waals surface area contributed by atoms with Crippen LogP contribution in [0.2, 0.25) is 0 Å². The molecule has 2 aliphatic heterocycles. The molecule has 166 valence electrons. The van der Waals surface area contributed by atoms with Crippen LogP contribution in [0, 0.1) is 6.92 Å². The second kappa shape index (κ2) is 7.78. The molecule has 0 radical (unpaired) electrons. The number of ether oxygens (including phenoxy) is 1. The molecule has 0 bridgehead atoms. The number of imide groups is 1. The maximum atomic E-state index is 13.2. The minimum absolute atomic E-state index is 0.0371. The zero-order valence-electron chi connectivity index (χ0n) is 18.5. The summed E-state index contributed by atoms with van der Waals surface area (Å²) in [5.74, 6) is -0.184. The lowest BCUT2D eigenvalue weighted by atomic mass is 9.90. The number of amides is 4. The SMILES string of the molecule is COc1ccc(C2(C)NC(=O)N(CC(=O)N3CCc4cc(C(C)=O)ccc43)C2=O)cc1C. The van der Waals surface area contributed by atoms with E-state index in [4.69, 9.17) is 4.74 Å². The number of ketones is 1. The maximum Gasteiger partial charge on any atom is 0.325 e. The Morgan fingerprint density at radius 3 is 2.56 bits per heavy atom. The Kier molecular flexibility index (Phi) is 5.24. The Balaban J connectivity index is 1.54. The van der Waals surface area contributed by atoms with E-state index in [1.165, 1.54) is 6.92 Å². The molecule has 2 heterocycles. The summed E-state index contributed by atoms with van der Waals surface area (Å²) in [6.45, 7) is 5.07. The summed E-state index contributed by atoms with van der Waals surface area (Å²) >= 11 is 0. The van der Waals surface area contributed by atoms with Crippen molar-refractivity contribution in [2.75, 3.05) is 25.1 Å². The number of hydrogen-bond acceptors (Lipinski definition) is 5. The molecule has 32 heavy (non-hydrogen) atoms. The van der Waals surface area contributed by atoms with E-state index in [-0.39, 0.29) is 18.2 Å². The lowest BCUT2D eigenvalue weighted by Gasteiger charge is -2.24. The van der Waals surface area contributed by atoms with E-state index in [2.05, 4.69) is 5.32 Å². The first-order chi connectivity index (χ1) is 15.2. The summed E-state index contributed by atoms with van der Waals surface area (Å²) in [5, 5.41) is 2.73. The van der Waals surface area contributed by atoms with Crippen LogP contribution in [0.25, 0.3) is 0 Å². The molecule has 2 aliphatic rings. The molecule has 1 N–H and O–H groups in total. The summed E-state index contributed by atoms with van der Waals surface area (Å²) in [5.41, 5.74) is 2.39. The largest absolute Gasteiger partial charge is 0.496 e. The number of benzene rings is 2. The van der Waals surface area contributed by atoms with Gasteiger partial charge < -0.3 is 15.0 Å². The fraction of sp³-hybridized carbons (Fsp3) is 0.333. The lowest BCUT2D eigenvalue weighted by Crippen LogP contribution is -2.44. The molecule has 1 saturated heterocycles. The number of aryl methyl sites for hydroxylation is 1. The van der Waals surface area contributed by atoms with Crippen molar-refractivity contribution >= 4 is 29.3 Å². The summed E-state index contributed by atoms with van der Waals surface area (Å²) in [7, 11) is 1.57. The van der Waals surface area contributed by atoms with Gasteiger partial charge in [-0.2, -0.15) is 0 Å². The quantitative estimate of drug-likeness (QED) is 0.575. The van der Waals surface area contributed by atoms with Crippen molar-refractivity contribution in [3.8, 4) is 5.75 Å². The van der Waals surface area contributed by atoms with Crippen LogP contribution in [0.1, 0.15) is 40.9 Å². The molecule has 1 atom stereocenters. The molecule has 0 aromatic heterocycles. The van der Waals surface area contributed by atoms with Crippen LogP contribution in [0.4, 0.5) is 10.5 Å². The van der Waals surface area contributed by atoms with Crippen LogP contribution in [-0.2, 0) is 21.5 Å². The standard InChI is InChI=1S/C24H25N3O5/c1-14-11-18(6-8-20(14)32-4)24(3)22(30)27(23(31)25-24)13-21(29)26-10-9-17-12-16(15(2)28)5-7-19(17)26/h5-8,11-12H,9-10,13H2,1-4H3,(H,25,31). The predicted molar refractivity (Wildman–Crippen MR) is 118 cm³/mol. The topological polar surface area (TPSA) is 96.0 Å². The Labute approximate surface area is 186 Å². The highest BCUT2D eigenvalue weighted by molar-refractivity contribution is 6.11. The van der Waals surface area contributed by atoms with Gasteiger partial charge in [0.15, 0.2) is 5.78 Å². The van der Waals surface area contributed by atoms with Gasteiger partial charge in [-0.1, -0.05) is 6.07 Å². The first-order valence-electron chi connectivity index (χ1n) is 10.4. The Morgan fingerprint density at radius 1 is 1.16 bits per heavy atom. The van der Waals surface area contributed by atoms with E-state index in [0.717, 1.165) is 16.0 Å². The van der Waals surface area contributed by atoms with Crippen molar-refractivity contribution in [3.05, 3.63) is 58.7 Å². The monoisotopic (exact) mass is 435 g/mol. The van der Waals surface area contributed by atoms with E-state index < -0.39 is 17.5 Å². The summed E-state index contributed by atoms with van der Waals surface area (Å²) in [4.78, 5) is 53.1. The van der Waals surface area contributed by atoms with Gasteiger partial charge in [-0.15, -0.1) is 0 Å². The van der Waals surface area contributed by atoms with Gasteiger partial charge in [-0.05, 0) is 74.2 Å². The minimum Gasteiger partial charge on any atom is -0.496 e. The van der Waals surface area contributed by atoms with Gasteiger partial charge >= 0.3 is 6.03 Å². The first-order valence-corrected chi connectivity index (χ1v) is 10.4. The zero-order chi connectivity index (χ0) is 23.2. The molecule has 8 heteroatoms. The molecule has 8 nitrogen and oxygen atoms in total. The van der Waals surface area contributed by atoms with Crippen LogP contribution in [0.3, 0.4) is 0 Å². The Bertz CT molecular complexity index is 1160. The molecule has 4 rings (SSSR count). The molecule has 4 amide bonds.